The van der Waals surface area contributed by atoms with E-state index in [-0.39, 0.29) is 0 Å². The summed E-state index contributed by atoms with van der Waals surface area (Å²) in [6.07, 6.45) is 2.48. The van der Waals surface area contributed by atoms with Crippen LogP contribution in [-0.4, -0.2) is 52.4 Å². The van der Waals surface area contributed by atoms with Crippen LogP contribution in [0.3, 0.4) is 0 Å². The lowest BCUT2D eigenvalue weighted by Crippen LogP contribution is -2.51. The van der Waals surface area contributed by atoms with Crippen LogP contribution >= 0.6 is 12.2 Å². The van der Waals surface area contributed by atoms with Crippen molar-refractivity contribution in [1.82, 2.24) is 19.7 Å². The first kappa shape index (κ1) is 11.2. The van der Waals surface area contributed by atoms with Crippen LogP contribution in [-0.2, 0) is 0 Å². The molecule has 5 nitrogen and oxygen atoms in total. The van der Waals surface area contributed by atoms with Gasteiger partial charge in [-0.3, -0.25) is 4.57 Å². The smallest absolute Gasteiger partial charge is 0.226 e. The summed E-state index contributed by atoms with van der Waals surface area (Å²) < 4.78 is 2.98. The van der Waals surface area contributed by atoms with Gasteiger partial charge in [-0.2, -0.15) is 0 Å². The molecule has 1 aliphatic heterocycles. The second-order valence-corrected chi connectivity index (χ2v) is 5.62. The molecule has 1 aromatic rings. The molecule has 1 unspecified atom stereocenters. The molecule has 0 amide bonds. The predicted molar refractivity (Wildman–Crippen MR) is 70.0 cm³/mol. The molecule has 6 heteroatoms. The van der Waals surface area contributed by atoms with Gasteiger partial charge in [0, 0.05) is 31.7 Å². The highest BCUT2D eigenvalue weighted by Gasteiger charge is 2.32. The summed E-state index contributed by atoms with van der Waals surface area (Å²) >= 11 is 5.33. The van der Waals surface area contributed by atoms with Crippen molar-refractivity contribution in [2.24, 2.45) is 0 Å². The predicted octanol–water partition coefficient (Wildman–Crippen LogP) is 1.42. The zero-order valence-electron chi connectivity index (χ0n) is 10.4. The van der Waals surface area contributed by atoms with Gasteiger partial charge in [0.25, 0.3) is 0 Å². The molecule has 0 radical (unpaired) electrons. The van der Waals surface area contributed by atoms with Crippen LogP contribution in [0.5, 0.6) is 0 Å². The largest absolute Gasteiger partial charge is 0.336 e. The Hall–Kier alpha value is -0.880. The molecule has 2 heterocycles. The minimum Gasteiger partial charge on any atom is -0.336 e. The van der Waals surface area contributed by atoms with Crippen molar-refractivity contribution < 1.29 is 0 Å². The van der Waals surface area contributed by atoms with Crippen molar-refractivity contribution in [2.45, 2.75) is 31.8 Å². The Bertz CT molecular complexity index is 461. The van der Waals surface area contributed by atoms with Crippen molar-refractivity contribution in [3.05, 3.63) is 4.77 Å². The molecule has 0 spiro atoms. The zero-order valence-corrected chi connectivity index (χ0v) is 11.2. The van der Waals surface area contributed by atoms with E-state index in [1.165, 1.54) is 12.8 Å². The summed E-state index contributed by atoms with van der Waals surface area (Å²) in [6, 6.07) is 1.08. The summed E-state index contributed by atoms with van der Waals surface area (Å²) in [5.74, 6) is 1.04. The Morgan fingerprint density at radius 3 is 2.76 bits per heavy atom. The molecule has 0 bridgehead atoms. The van der Waals surface area contributed by atoms with Crippen LogP contribution in [0.25, 0.3) is 0 Å². The summed E-state index contributed by atoms with van der Waals surface area (Å²) in [7, 11) is 2.17. The molecule has 2 aliphatic rings. The Labute approximate surface area is 106 Å². The van der Waals surface area contributed by atoms with E-state index in [0.717, 1.165) is 30.4 Å². The van der Waals surface area contributed by atoms with Crippen LogP contribution in [0, 0.1) is 4.77 Å². The first-order chi connectivity index (χ1) is 8.16. The highest BCUT2D eigenvalue weighted by atomic mass is 32.1. The summed E-state index contributed by atoms with van der Waals surface area (Å²) in [5, 5.41) is 7.38. The number of anilines is 1. The number of aromatic amines is 1. The third-order valence-corrected chi connectivity index (χ3v) is 3.97. The van der Waals surface area contributed by atoms with Crippen LogP contribution < -0.4 is 4.90 Å². The quantitative estimate of drug-likeness (QED) is 0.809. The van der Waals surface area contributed by atoms with E-state index in [0.29, 0.717) is 12.1 Å². The second kappa shape index (κ2) is 4.10. The Morgan fingerprint density at radius 2 is 2.12 bits per heavy atom. The molecule has 1 saturated carbocycles. The minimum atomic E-state index is 0.497. The molecular formula is C11H19N5S. The maximum absolute atomic E-state index is 5.33. The van der Waals surface area contributed by atoms with Crippen molar-refractivity contribution in [3.63, 3.8) is 0 Å². The third kappa shape index (κ3) is 1.99. The van der Waals surface area contributed by atoms with E-state index in [9.17, 15) is 0 Å². The molecule has 0 aromatic carbocycles. The van der Waals surface area contributed by atoms with Gasteiger partial charge >= 0.3 is 0 Å². The number of hydrogen-bond acceptors (Lipinski definition) is 4. The fourth-order valence-electron chi connectivity index (χ4n) is 2.60. The number of nitrogens with zero attached hydrogens (tertiary/aromatic N) is 4. The first-order valence-electron chi connectivity index (χ1n) is 6.29. The number of H-pyrrole nitrogens is 1. The lowest BCUT2D eigenvalue weighted by Gasteiger charge is -2.38. The molecule has 1 aliphatic carbocycles. The Kier molecular flexibility index (Phi) is 2.71. The second-order valence-electron chi connectivity index (χ2n) is 5.23. The number of hydrogen-bond donors (Lipinski definition) is 1. The van der Waals surface area contributed by atoms with Crippen LogP contribution in [0.2, 0.25) is 0 Å². The van der Waals surface area contributed by atoms with Gasteiger partial charge in [0.2, 0.25) is 5.95 Å². The lowest BCUT2D eigenvalue weighted by atomic mass is 10.2. The SMILES string of the molecule is CC1CN(C)CCN1c1n[nH]c(=S)n1C1CC1. The monoisotopic (exact) mass is 253 g/mol. The van der Waals surface area contributed by atoms with E-state index in [1.807, 2.05) is 0 Å². The third-order valence-electron chi connectivity index (χ3n) is 3.69. The van der Waals surface area contributed by atoms with Crippen molar-refractivity contribution in [1.29, 1.82) is 0 Å². The number of likely N-dealkylation sites (N-methyl/N-ethyl adjacent to an activating group) is 1. The molecule has 1 atom stereocenters. The van der Waals surface area contributed by atoms with E-state index >= 15 is 0 Å². The van der Waals surface area contributed by atoms with E-state index in [1.54, 1.807) is 0 Å². The molecule has 1 aromatic heterocycles. The normalized spacial score (nSPS) is 26.5. The first-order valence-corrected chi connectivity index (χ1v) is 6.69. The van der Waals surface area contributed by atoms with Gasteiger partial charge < -0.3 is 9.80 Å². The van der Waals surface area contributed by atoms with Gasteiger partial charge in [-0.15, -0.1) is 5.10 Å². The highest BCUT2D eigenvalue weighted by molar-refractivity contribution is 7.71. The number of rotatable bonds is 2. The van der Waals surface area contributed by atoms with E-state index in [4.69, 9.17) is 12.2 Å². The number of aromatic nitrogens is 3. The summed E-state index contributed by atoms with van der Waals surface area (Å²) in [5.41, 5.74) is 0. The Morgan fingerprint density at radius 1 is 1.35 bits per heavy atom. The van der Waals surface area contributed by atoms with Crippen molar-refractivity contribution in [3.8, 4) is 0 Å². The van der Waals surface area contributed by atoms with Gasteiger partial charge in [0.05, 0.1) is 0 Å². The highest BCUT2D eigenvalue weighted by Crippen LogP contribution is 2.38. The standard InChI is InChI=1S/C11H19N5S/c1-8-7-14(2)5-6-15(8)10-12-13-11(17)16(10)9-3-4-9/h8-9H,3-7H2,1-2H3,(H,13,17). The topological polar surface area (TPSA) is 40.1 Å². The molecule has 17 heavy (non-hydrogen) atoms. The van der Waals surface area contributed by atoms with E-state index in [2.05, 4.69) is 38.5 Å². The van der Waals surface area contributed by atoms with Crippen molar-refractivity contribution in [2.75, 3.05) is 31.6 Å². The minimum absolute atomic E-state index is 0.497. The van der Waals surface area contributed by atoms with Gasteiger partial charge in [-0.1, -0.05) is 0 Å². The molecular weight excluding hydrogens is 234 g/mol. The molecule has 3 rings (SSSR count). The fraction of sp³-hybridized carbons (Fsp3) is 0.818. The molecule has 2 fully saturated rings. The lowest BCUT2D eigenvalue weighted by molar-refractivity contribution is 0.272. The molecule has 1 N–H and O–H groups in total. The Balaban J connectivity index is 1.90. The van der Waals surface area contributed by atoms with Gasteiger partial charge in [0.1, 0.15) is 0 Å². The number of piperazine rings is 1. The summed E-state index contributed by atoms with van der Waals surface area (Å²) in [4.78, 5) is 4.74. The molecule has 94 valence electrons. The fourth-order valence-corrected chi connectivity index (χ4v) is 2.87. The van der Waals surface area contributed by atoms with Crippen LogP contribution in [0.4, 0.5) is 5.95 Å². The van der Waals surface area contributed by atoms with Gasteiger partial charge in [0.15, 0.2) is 4.77 Å². The summed E-state index contributed by atoms with van der Waals surface area (Å²) in [6.45, 7) is 5.47. The van der Waals surface area contributed by atoms with Gasteiger partial charge in [-0.05, 0) is 39.0 Å². The maximum Gasteiger partial charge on any atom is 0.226 e. The number of nitrogens with one attached hydrogen (secondary N) is 1. The van der Waals surface area contributed by atoms with Crippen LogP contribution in [0.15, 0.2) is 0 Å². The maximum atomic E-state index is 5.33. The van der Waals surface area contributed by atoms with Crippen LogP contribution in [0.1, 0.15) is 25.8 Å². The van der Waals surface area contributed by atoms with Gasteiger partial charge in [-0.25, -0.2) is 5.10 Å². The average Bonchev–Trinajstić information content (AvgIpc) is 3.03. The molecule has 1 saturated heterocycles. The van der Waals surface area contributed by atoms with Crippen molar-refractivity contribution >= 4 is 18.2 Å². The van der Waals surface area contributed by atoms with E-state index < -0.39 is 0 Å². The average molecular weight is 253 g/mol. The zero-order chi connectivity index (χ0) is 12.0.